The Morgan fingerprint density at radius 3 is 2.29 bits per heavy atom. The highest BCUT2D eigenvalue weighted by atomic mass is 16.1. The van der Waals surface area contributed by atoms with E-state index in [4.69, 9.17) is 5.73 Å². The summed E-state index contributed by atoms with van der Waals surface area (Å²) in [5.41, 5.74) is 7.53. The number of rotatable bonds is 5. The van der Waals surface area contributed by atoms with Gasteiger partial charge in [0.15, 0.2) is 5.82 Å². The van der Waals surface area contributed by atoms with E-state index < -0.39 is 0 Å². The highest BCUT2D eigenvalue weighted by Crippen LogP contribution is 2.44. The van der Waals surface area contributed by atoms with Crippen molar-refractivity contribution in [3.63, 3.8) is 0 Å². The van der Waals surface area contributed by atoms with Crippen LogP contribution in [0.15, 0.2) is 29.1 Å². The molecule has 2 atom stereocenters. The van der Waals surface area contributed by atoms with Gasteiger partial charge in [-0.2, -0.15) is 0 Å². The standard InChI is InChI=1S/C25H37N5O/c26-14-15-27-24-25(31)30(23-11-7-6-10-22(23)28-24)21-16-19-12-13-20(17-21)29(19)18-8-4-2-1-3-5-9-18/h6-7,10-11,18-21H,1-5,8-9,12-17,26H2,(H,27,28). The molecule has 3 fully saturated rings. The Balaban J connectivity index is 1.44. The molecule has 1 aliphatic carbocycles. The second-order valence-electron chi connectivity index (χ2n) is 9.80. The molecule has 0 radical (unpaired) electrons. The molecule has 2 aromatic rings. The summed E-state index contributed by atoms with van der Waals surface area (Å²) in [6.45, 7) is 1.05. The second kappa shape index (κ2) is 9.29. The van der Waals surface area contributed by atoms with Crippen LogP contribution in [0.2, 0.25) is 0 Å². The fourth-order valence-electron chi connectivity index (χ4n) is 6.55. The van der Waals surface area contributed by atoms with Gasteiger partial charge < -0.3 is 15.6 Å². The lowest BCUT2D eigenvalue weighted by atomic mass is 9.89. The van der Waals surface area contributed by atoms with Gasteiger partial charge in [-0.3, -0.25) is 9.69 Å². The smallest absolute Gasteiger partial charge is 0.294 e. The first-order chi connectivity index (χ1) is 15.3. The van der Waals surface area contributed by atoms with E-state index in [9.17, 15) is 4.79 Å². The van der Waals surface area contributed by atoms with Crippen molar-refractivity contribution >= 4 is 16.9 Å². The number of anilines is 1. The van der Waals surface area contributed by atoms with Crippen LogP contribution < -0.4 is 16.6 Å². The fraction of sp³-hybridized carbons (Fsp3) is 0.680. The minimum absolute atomic E-state index is 0.0101. The lowest BCUT2D eigenvalue weighted by Gasteiger charge is -2.45. The molecule has 2 bridgehead atoms. The molecule has 1 aromatic heterocycles. The average molecular weight is 424 g/mol. The van der Waals surface area contributed by atoms with Crippen LogP contribution in [0.5, 0.6) is 0 Å². The van der Waals surface area contributed by atoms with E-state index in [-0.39, 0.29) is 11.6 Å². The van der Waals surface area contributed by atoms with Gasteiger partial charge in [-0.05, 0) is 50.7 Å². The van der Waals surface area contributed by atoms with Crippen molar-refractivity contribution in [2.45, 2.75) is 94.8 Å². The zero-order valence-electron chi connectivity index (χ0n) is 18.6. The Bertz CT molecular complexity index is 935. The van der Waals surface area contributed by atoms with Gasteiger partial charge in [0.05, 0.1) is 11.0 Å². The number of nitrogens with one attached hydrogen (secondary N) is 1. The molecule has 168 valence electrons. The Hall–Kier alpha value is -1.92. The van der Waals surface area contributed by atoms with E-state index in [1.165, 1.54) is 57.8 Å². The molecule has 6 nitrogen and oxygen atoms in total. The van der Waals surface area contributed by atoms with E-state index in [0.29, 0.717) is 31.0 Å². The van der Waals surface area contributed by atoms with E-state index in [1.54, 1.807) is 0 Å². The van der Waals surface area contributed by atoms with Crippen LogP contribution >= 0.6 is 0 Å². The van der Waals surface area contributed by atoms with E-state index in [1.807, 2.05) is 18.2 Å². The predicted molar refractivity (Wildman–Crippen MR) is 127 cm³/mol. The minimum atomic E-state index is 0.0101. The Morgan fingerprint density at radius 1 is 0.903 bits per heavy atom. The third kappa shape index (κ3) is 4.12. The number of hydrogen-bond donors (Lipinski definition) is 2. The SMILES string of the molecule is NCCNc1nc2ccccc2n(C2CC3CCC(C2)N3C2CCCCCCC2)c1=O. The zero-order chi connectivity index (χ0) is 21.2. The first-order valence-corrected chi connectivity index (χ1v) is 12.5. The molecule has 0 spiro atoms. The summed E-state index contributed by atoms with van der Waals surface area (Å²) in [4.78, 5) is 21.0. The summed E-state index contributed by atoms with van der Waals surface area (Å²) >= 11 is 0. The van der Waals surface area contributed by atoms with E-state index in [0.717, 1.165) is 29.9 Å². The highest BCUT2D eigenvalue weighted by Gasteiger charge is 2.44. The first-order valence-electron chi connectivity index (χ1n) is 12.5. The molecular formula is C25H37N5O. The summed E-state index contributed by atoms with van der Waals surface area (Å²) in [5.74, 6) is 0.443. The van der Waals surface area contributed by atoms with Crippen LogP contribution in [0.3, 0.4) is 0 Å². The molecule has 0 amide bonds. The van der Waals surface area contributed by atoms with Crippen LogP contribution in [-0.4, -0.2) is 45.7 Å². The van der Waals surface area contributed by atoms with Crippen LogP contribution in [-0.2, 0) is 0 Å². The molecule has 2 aliphatic heterocycles. The van der Waals surface area contributed by atoms with Crippen molar-refractivity contribution in [2.75, 3.05) is 18.4 Å². The van der Waals surface area contributed by atoms with Gasteiger partial charge >= 0.3 is 0 Å². The average Bonchev–Trinajstić information content (AvgIpc) is 3.01. The van der Waals surface area contributed by atoms with Crippen molar-refractivity contribution in [1.29, 1.82) is 0 Å². The maximum atomic E-state index is 13.5. The number of fused-ring (bicyclic) bond motifs is 3. The van der Waals surface area contributed by atoms with Crippen LogP contribution in [0, 0.1) is 0 Å². The summed E-state index contributed by atoms with van der Waals surface area (Å²) in [7, 11) is 0. The number of piperidine rings is 1. The van der Waals surface area contributed by atoms with E-state index >= 15 is 0 Å². The molecule has 3 heterocycles. The van der Waals surface area contributed by atoms with Gasteiger partial charge in [-0.15, -0.1) is 0 Å². The number of nitrogens with two attached hydrogens (primary N) is 1. The molecule has 31 heavy (non-hydrogen) atoms. The largest absolute Gasteiger partial charge is 0.364 e. The molecule has 5 rings (SSSR count). The molecule has 3 N–H and O–H groups in total. The van der Waals surface area contributed by atoms with Gasteiger partial charge in [0.25, 0.3) is 5.56 Å². The molecule has 2 saturated heterocycles. The lowest BCUT2D eigenvalue weighted by molar-refractivity contribution is 0.0498. The van der Waals surface area contributed by atoms with E-state index in [2.05, 4.69) is 25.8 Å². The van der Waals surface area contributed by atoms with Crippen LogP contribution in [0.4, 0.5) is 5.82 Å². The quantitative estimate of drug-likeness (QED) is 0.759. The van der Waals surface area contributed by atoms with Crippen molar-refractivity contribution in [3.8, 4) is 0 Å². The summed E-state index contributed by atoms with van der Waals surface area (Å²) < 4.78 is 2.06. The third-order valence-corrected chi connectivity index (χ3v) is 7.86. The van der Waals surface area contributed by atoms with Gasteiger partial charge in [0.2, 0.25) is 0 Å². The zero-order valence-corrected chi connectivity index (χ0v) is 18.6. The second-order valence-corrected chi connectivity index (χ2v) is 9.80. The fourth-order valence-corrected chi connectivity index (χ4v) is 6.55. The summed E-state index contributed by atoms with van der Waals surface area (Å²) in [5, 5.41) is 3.17. The lowest BCUT2D eigenvalue weighted by Crippen LogP contribution is -2.50. The molecule has 6 heteroatoms. The molecule has 1 saturated carbocycles. The maximum Gasteiger partial charge on any atom is 0.294 e. The van der Waals surface area contributed by atoms with Gasteiger partial charge in [0, 0.05) is 37.3 Å². The van der Waals surface area contributed by atoms with Crippen molar-refractivity contribution in [3.05, 3.63) is 34.6 Å². The molecule has 1 aromatic carbocycles. The number of nitrogens with zero attached hydrogens (tertiary/aromatic N) is 3. The molecular weight excluding hydrogens is 386 g/mol. The monoisotopic (exact) mass is 423 g/mol. The minimum Gasteiger partial charge on any atom is -0.364 e. The van der Waals surface area contributed by atoms with Gasteiger partial charge in [0.1, 0.15) is 0 Å². The number of benzene rings is 1. The van der Waals surface area contributed by atoms with Gasteiger partial charge in [-0.25, -0.2) is 4.98 Å². The van der Waals surface area contributed by atoms with Crippen LogP contribution in [0.1, 0.15) is 76.7 Å². The van der Waals surface area contributed by atoms with Gasteiger partial charge in [-0.1, -0.05) is 44.2 Å². The number of hydrogen-bond acceptors (Lipinski definition) is 5. The Morgan fingerprint density at radius 2 is 1.58 bits per heavy atom. The maximum absolute atomic E-state index is 13.5. The molecule has 3 aliphatic rings. The van der Waals surface area contributed by atoms with Crippen LogP contribution in [0.25, 0.3) is 11.0 Å². The number of aromatic nitrogens is 2. The van der Waals surface area contributed by atoms with Crippen molar-refractivity contribution in [2.24, 2.45) is 5.73 Å². The number of para-hydroxylation sites is 2. The summed E-state index contributed by atoms with van der Waals surface area (Å²) in [6.07, 6.45) is 14.4. The Labute approximate surface area is 185 Å². The predicted octanol–water partition coefficient (Wildman–Crippen LogP) is 4.05. The van der Waals surface area contributed by atoms with Crippen molar-refractivity contribution < 1.29 is 0 Å². The normalized spacial score (nSPS) is 27.8. The highest BCUT2D eigenvalue weighted by molar-refractivity contribution is 5.76. The van der Waals surface area contributed by atoms with Crippen molar-refractivity contribution in [1.82, 2.24) is 14.5 Å². The first kappa shape index (κ1) is 21.0. The Kier molecular flexibility index (Phi) is 6.28. The summed E-state index contributed by atoms with van der Waals surface area (Å²) in [6, 6.07) is 10.3. The molecule has 2 unspecified atom stereocenters. The third-order valence-electron chi connectivity index (χ3n) is 7.86. The topological polar surface area (TPSA) is 76.2 Å².